The number of thiol groups is 1. The summed E-state index contributed by atoms with van der Waals surface area (Å²) in [6.45, 7) is 0. The zero-order valence-corrected chi connectivity index (χ0v) is 10.1. The van der Waals surface area contributed by atoms with Crippen molar-refractivity contribution in [1.82, 2.24) is 4.98 Å². The molecule has 0 aliphatic heterocycles. The monoisotopic (exact) mass is 261 g/mol. The fourth-order valence-corrected chi connectivity index (χ4v) is 2.50. The second kappa shape index (κ2) is 3.73. The highest BCUT2D eigenvalue weighted by molar-refractivity contribution is 7.80. The SMILES string of the molecule is OC(O)(O)c1cc2c(cc1S)[nH]c1ccccc12. The van der Waals surface area contributed by atoms with Gasteiger partial charge in [-0.2, -0.15) is 0 Å². The van der Waals surface area contributed by atoms with E-state index in [-0.39, 0.29) is 5.56 Å². The van der Waals surface area contributed by atoms with Crippen LogP contribution in [-0.4, -0.2) is 20.3 Å². The number of hydrogen-bond donors (Lipinski definition) is 5. The molecule has 0 saturated heterocycles. The number of aromatic nitrogens is 1. The van der Waals surface area contributed by atoms with E-state index < -0.39 is 5.97 Å². The van der Waals surface area contributed by atoms with E-state index in [0.717, 1.165) is 21.8 Å². The molecule has 4 nitrogen and oxygen atoms in total. The smallest absolute Gasteiger partial charge is 0.305 e. The number of fused-ring (bicyclic) bond motifs is 3. The van der Waals surface area contributed by atoms with Gasteiger partial charge in [-0.05, 0) is 18.2 Å². The van der Waals surface area contributed by atoms with Crippen molar-refractivity contribution in [3.05, 3.63) is 42.0 Å². The van der Waals surface area contributed by atoms with E-state index in [1.807, 2.05) is 24.3 Å². The number of aliphatic hydroxyl groups is 3. The summed E-state index contributed by atoms with van der Waals surface area (Å²) >= 11 is 4.15. The van der Waals surface area contributed by atoms with E-state index in [2.05, 4.69) is 17.6 Å². The number of hydrogen-bond acceptors (Lipinski definition) is 4. The summed E-state index contributed by atoms with van der Waals surface area (Å²) in [6.07, 6.45) is 0. The Kier molecular flexibility index (Phi) is 2.39. The minimum Gasteiger partial charge on any atom is -0.354 e. The number of nitrogens with one attached hydrogen (secondary N) is 1. The maximum absolute atomic E-state index is 9.29. The summed E-state index contributed by atoms with van der Waals surface area (Å²) < 4.78 is 0. The molecule has 2 aromatic carbocycles. The number of benzene rings is 2. The van der Waals surface area contributed by atoms with Crippen molar-refractivity contribution in [1.29, 1.82) is 0 Å². The molecule has 0 spiro atoms. The van der Waals surface area contributed by atoms with Crippen LogP contribution in [0.5, 0.6) is 0 Å². The quantitative estimate of drug-likeness (QED) is 0.342. The van der Waals surface area contributed by atoms with Crippen LogP contribution >= 0.6 is 12.6 Å². The van der Waals surface area contributed by atoms with Crippen molar-refractivity contribution < 1.29 is 15.3 Å². The summed E-state index contributed by atoms with van der Waals surface area (Å²) in [5, 5.41) is 29.6. The molecule has 1 aromatic heterocycles. The Balaban J connectivity index is 2.43. The molecule has 5 heteroatoms. The summed E-state index contributed by atoms with van der Waals surface area (Å²) in [4.78, 5) is 3.51. The van der Waals surface area contributed by atoms with E-state index in [1.165, 1.54) is 6.07 Å². The van der Waals surface area contributed by atoms with E-state index in [4.69, 9.17) is 0 Å². The highest BCUT2D eigenvalue weighted by Crippen LogP contribution is 2.32. The summed E-state index contributed by atoms with van der Waals surface area (Å²) in [7, 11) is 0. The van der Waals surface area contributed by atoms with Gasteiger partial charge in [0.2, 0.25) is 0 Å². The van der Waals surface area contributed by atoms with Gasteiger partial charge in [0, 0.05) is 26.7 Å². The predicted octanol–water partition coefficient (Wildman–Crippen LogP) is 1.70. The van der Waals surface area contributed by atoms with Crippen LogP contribution in [0.25, 0.3) is 21.8 Å². The Morgan fingerprint density at radius 3 is 2.39 bits per heavy atom. The standard InChI is InChI=1S/C13H11NO3S/c15-13(16,17)9-5-8-7-3-1-2-4-10(7)14-11(8)6-12(9)18/h1-6,14-18H. The summed E-state index contributed by atoms with van der Waals surface area (Å²) in [5.74, 6) is -2.89. The lowest BCUT2D eigenvalue weighted by Gasteiger charge is -2.16. The van der Waals surface area contributed by atoms with Crippen molar-refractivity contribution >= 4 is 34.4 Å². The zero-order chi connectivity index (χ0) is 12.9. The van der Waals surface area contributed by atoms with Gasteiger partial charge in [-0.15, -0.1) is 12.6 Å². The van der Waals surface area contributed by atoms with Crippen molar-refractivity contribution in [2.24, 2.45) is 0 Å². The molecule has 3 rings (SSSR count). The fraction of sp³-hybridized carbons (Fsp3) is 0.0769. The molecule has 18 heavy (non-hydrogen) atoms. The highest BCUT2D eigenvalue weighted by Gasteiger charge is 2.25. The maximum Gasteiger partial charge on any atom is 0.305 e. The van der Waals surface area contributed by atoms with Crippen LogP contribution in [0.2, 0.25) is 0 Å². The van der Waals surface area contributed by atoms with Crippen molar-refractivity contribution in [3.63, 3.8) is 0 Å². The molecular formula is C13H11NO3S. The van der Waals surface area contributed by atoms with Crippen LogP contribution < -0.4 is 0 Å². The molecule has 4 N–H and O–H groups in total. The Labute approximate surface area is 108 Å². The molecule has 3 aromatic rings. The van der Waals surface area contributed by atoms with Gasteiger partial charge in [0.05, 0.1) is 5.56 Å². The second-order valence-corrected chi connectivity index (χ2v) is 4.70. The third-order valence-corrected chi connectivity index (χ3v) is 3.35. The van der Waals surface area contributed by atoms with Crippen LogP contribution in [0, 0.1) is 0 Å². The molecule has 0 aliphatic rings. The van der Waals surface area contributed by atoms with Gasteiger partial charge in [-0.3, -0.25) is 0 Å². The minimum absolute atomic E-state index is 0.0388. The van der Waals surface area contributed by atoms with Crippen molar-refractivity contribution in [2.45, 2.75) is 10.9 Å². The first-order chi connectivity index (χ1) is 8.47. The molecular weight excluding hydrogens is 250 g/mol. The number of H-pyrrole nitrogens is 1. The normalized spacial score (nSPS) is 12.4. The predicted molar refractivity (Wildman–Crippen MR) is 71.4 cm³/mol. The Bertz CT molecular complexity index is 743. The molecule has 0 bridgehead atoms. The number of aromatic amines is 1. The first kappa shape index (κ1) is 11.6. The average molecular weight is 261 g/mol. The molecule has 0 amide bonds. The molecule has 92 valence electrons. The Morgan fingerprint density at radius 1 is 0.944 bits per heavy atom. The van der Waals surface area contributed by atoms with E-state index in [0.29, 0.717) is 4.90 Å². The maximum atomic E-state index is 9.29. The average Bonchev–Trinajstić information content (AvgIpc) is 2.63. The molecule has 0 radical (unpaired) electrons. The molecule has 1 heterocycles. The van der Waals surface area contributed by atoms with E-state index >= 15 is 0 Å². The second-order valence-electron chi connectivity index (χ2n) is 4.22. The van der Waals surface area contributed by atoms with Gasteiger partial charge in [0.15, 0.2) is 0 Å². The highest BCUT2D eigenvalue weighted by atomic mass is 32.1. The first-order valence-electron chi connectivity index (χ1n) is 5.38. The van der Waals surface area contributed by atoms with Crippen LogP contribution in [-0.2, 0) is 5.97 Å². The summed E-state index contributed by atoms with van der Waals surface area (Å²) in [5.41, 5.74) is 1.73. The molecule has 0 atom stereocenters. The zero-order valence-electron chi connectivity index (χ0n) is 9.25. The van der Waals surface area contributed by atoms with Gasteiger partial charge >= 0.3 is 5.97 Å². The summed E-state index contributed by atoms with van der Waals surface area (Å²) in [6, 6.07) is 10.8. The lowest BCUT2D eigenvalue weighted by Crippen LogP contribution is -2.24. The van der Waals surface area contributed by atoms with Crippen LogP contribution in [0.4, 0.5) is 0 Å². The van der Waals surface area contributed by atoms with E-state index in [1.54, 1.807) is 6.07 Å². The largest absolute Gasteiger partial charge is 0.354 e. The lowest BCUT2D eigenvalue weighted by molar-refractivity contribution is -0.325. The third kappa shape index (κ3) is 1.69. The van der Waals surface area contributed by atoms with Crippen LogP contribution in [0.3, 0.4) is 0 Å². The number of para-hydroxylation sites is 1. The van der Waals surface area contributed by atoms with Crippen molar-refractivity contribution in [3.8, 4) is 0 Å². The molecule has 0 unspecified atom stereocenters. The van der Waals surface area contributed by atoms with Gasteiger partial charge in [-0.1, -0.05) is 18.2 Å². The van der Waals surface area contributed by atoms with E-state index in [9.17, 15) is 15.3 Å². The van der Waals surface area contributed by atoms with Crippen molar-refractivity contribution in [2.75, 3.05) is 0 Å². The Hall–Kier alpha value is -1.53. The van der Waals surface area contributed by atoms with Gasteiger partial charge in [0.1, 0.15) is 0 Å². The Morgan fingerprint density at radius 2 is 1.67 bits per heavy atom. The van der Waals surface area contributed by atoms with Gasteiger partial charge in [0.25, 0.3) is 0 Å². The van der Waals surface area contributed by atoms with Crippen LogP contribution in [0.1, 0.15) is 5.56 Å². The molecule has 0 saturated carbocycles. The lowest BCUT2D eigenvalue weighted by atomic mass is 10.1. The molecule has 0 aliphatic carbocycles. The minimum atomic E-state index is -2.89. The number of rotatable bonds is 1. The first-order valence-corrected chi connectivity index (χ1v) is 5.82. The fourth-order valence-electron chi connectivity index (χ4n) is 2.16. The van der Waals surface area contributed by atoms with Gasteiger partial charge < -0.3 is 20.3 Å². The van der Waals surface area contributed by atoms with Crippen LogP contribution in [0.15, 0.2) is 41.3 Å². The van der Waals surface area contributed by atoms with Gasteiger partial charge in [-0.25, -0.2) is 0 Å². The molecule has 0 fully saturated rings. The third-order valence-electron chi connectivity index (χ3n) is 2.98. The topological polar surface area (TPSA) is 76.5 Å².